The van der Waals surface area contributed by atoms with E-state index in [1.54, 1.807) is 24.6 Å². The first-order valence-corrected chi connectivity index (χ1v) is 12.9. The summed E-state index contributed by atoms with van der Waals surface area (Å²) in [5.74, 6) is -0.897. The van der Waals surface area contributed by atoms with Crippen LogP contribution in [-0.4, -0.2) is 50.0 Å². The molecule has 0 unspecified atom stereocenters. The molecule has 1 heterocycles. The first-order valence-electron chi connectivity index (χ1n) is 12.9. The number of benzene rings is 3. The van der Waals surface area contributed by atoms with Crippen molar-refractivity contribution in [3.63, 3.8) is 0 Å². The van der Waals surface area contributed by atoms with E-state index in [1.807, 2.05) is 72.9 Å². The van der Waals surface area contributed by atoms with Crippen molar-refractivity contribution in [2.24, 2.45) is 4.99 Å². The van der Waals surface area contributed by atoms with Crippen molar-refractivity contribution in [3.05, 3.63) is 109 Å². The zero-order chi connectivity index (χ0) is 27.8. The molecule has 0 radical (unpaired) electrons. The van der Waals surface area contributed by atoms with Crippen LogP contribution >= 0.6 is 0 Å². The van der Waals surface area contributed by atoms with E-state index in [4.69, 9.17) is 4.74 Å². The zero-order valence-electron chi connectivity index (χ0n) is 22.1. The third-order valence-corrected chi connectivity index (χ3v) is 6.55. The van der Waals surface area contributed by atoms with Gasteiger partial charge in [-0.3, -0.25) is 4.79 Å². The van der Waals surface area contributed by atoms with E-state index in [1.165, 1.54) is 0 Å². The molecule has 0 aliphatic carbocycles. The first kappa shape index (κ1) is 27.8. The Bertz CT molecular complexity index is 1370. The first-order chi connectivity index (χ1) is 18.7. The van der Waals surface area contributed by atoms with Gasteiger partial charge in [-0.05, 0) is 47.7 Å². The molecule has 0 aliphatic rings. The van der Waals surface area contributed by atoms with E-state index >= 15 is 0 Å². The molecule has 3 N–H and O–H groups in total. The van der Waals surface area contributed by atoms with Crippen molar-refractivity contribution in [1.29, 1.82) is 0 Å². The molecule has 39 heavy (non-hydrogen) atoms. The summed E-state index contributed by atoms with van der Waals surface area (Å²) in [6, 6.07) is 28.0. The monoisotopic (exact) mass is 526 g/mol. The average molecular weight is 527 g/mol. The fourth-order valence-corrected chi connectivity index (χ4v) is 4.28. The molecule has 0 amide bonds. The topological polar surface area (TPSA) is 104 Å². The predicted octanol–water partition coefficient (Wildman–Crippen LogP) is 5.59. The number of aliphatic hydroxyl groups is 2. The molecule has 7 nitrogen and oxygen atoms in total. The molecule has 0 saturated carbocycles. The van der Waals surface area contributed by atoms with Crippen molar-refractivity contribution < 1.29 is 24.9 Å². The summed E-state index contributed by atoms with van der Waals surface area (Å²) >= 11 is 0. The molecule has 3 aromatic carbocycles. The van der Waals surface area contributed by atoms with Gasteiger partial charge in [0.1, 0.15) is 18.7 Å². The molecule has 4 aromatic rings. The molecule has 0 spiro atoms. The van der Waals surface area contributed by atoms with Crippen LogP contribution in [0.15, 0.2) is 108 Å². The maximum atomic E-state index is 11.9. The van der Waals surface area contributed by atoms with Gasteiger partial charge in [-0.25, -0.2) is 4.99 Å². The molecule has 1 aromatic heterocycles. The van der Waals surface area contributed by atoms with E-state index in [9.17, 15) is 20.1 Å². The lowest BCUT2D eigenvalue weighted by Crippen LogP contribution is -2.39. The lowest BCUT2D eigenvalue weighted by atomic mass is 10.0. The Kier molecular flexibility index (Phi) is 8.96. The summed E-state index contributed by atoms with van der Waals surface area (Å²) < 4.78 is 7.86. The van der Waals surface area contributed by atoms with Crippen molar-refractivity contribution in [2.45, 2.75) is 44.6 Å². The quantitative estimate of drug-likeness (QED) is 0.175. The molecule has 0 bridgehead atoms. The highest BCUT2D eigenvalue weighted by Gasteiger charge is 2.30. The smallest absolute Gasteiger partial charge is 0.305 e. The number of aliphatic hydroxyl groups excluding tert-OH is 1. The number of aromatic nitrogens is 1. The number of hydrogen-bond acceptors (Lipinski definition) is 5. The molecule has 0 fully saturated rings. The summed E-state index contributed by atoms with van der Waals surface area (Å²) in [7, 11) is 0. The lowest BCUT2D eigenvalue weighted by molar-refractivity contribution is -0.137. The van der Waals surface area contributed by atoms with Gasteiger partial charge in [0.05, 0.1) is 18.6 Å². The van der Waals surface area contributed by atoms with Gasteiger partial charge in [0, 0.05) is 12.4 Å². The number of ether oxygens (including phenoxy) is 1. The number of carbonyl (C=O) groups is 1. The van der Waals surface area contributed by atoms with Crippen LogP contribution in [0.3, 0.4) is 0 Å². The summed E-state index contributed by atoms with van der Waals surface area (Å²) in [6.07, 6.45) is 3.37. The Balaban J connectivity index is 1.66. The van der Waals surface area contributed by atoms with Crippen LogP contribution in [0.4, 0.5) is 0 Å². The van der Waals surface area contributed by atoms with Crippen LogP contribution in [0.25, 0.3) is 22.3 Å². The fraction of sp³-hybridized carbons (Fsp3) is 0.250. The summed E-state index contributed by atoms with van der Waals surface area (Å²) in [5, 5.41) is 30.3. The Morgan fingerprint density at radius 1 is 0.872 bits per heavy atom. The molecular weight excluding hydrogens is 492 g/mol. The second kappa shape index (κ2) is 12.6. The third kappa shape index (κ3) is 7.44. The maximum Gasteiger partial charge on any atom is 0.305 e. The Labute approximate surface area is 228 Å². The van der Waals surface area contributed by atoms with Gasteiger partial charge in [0.2, 0.25) is 5.90 Å². The predicted molar refractivity (Wildman–Crippen MR) is 152 cm³/mol. The minimum atomic E-state index is -1.34. The van der Waals surface area contributed by atoms with E-state index < -0.39 is 30.3 Å². The molecular formula is C32H34N2O5. The van der Waals surface area contributed by atoms with Crippen molar-refractivity contribution in [2.75, 3.05) is 6.61 Å². The largest absolute Gasteiger partial charge is 0.481 e. The molecule has 4 rings (SSSR count). The molecule has 7 heteroatoms. The number of carboxylic acids is 1. The van der Waals surface area contributed by atoms with Gasteiger partial charge in [-0.1, -0.05) is 84.9 Å². The third-order valence-electron chi connectivity index (χ3n) is 6.55. The van der Waals surface area contributed by atoms with Crippen molar-refractivity contribution in [3.8, 4) is 22.3 Å². The average Bonchev–Trinajstić information content (AvgIpc) is 3.43. The highest BCUT2D eigenvalue weighted by molar-refractivity contribution is 5.85. The van der Waals surface area contributed by atoms with E-state index in [2.05, 4.69) is 29.3 Å². The van der Waals surface area contributed by atoms with Crippen molar-refractivity contribution >= 4 is 11.9 Å². The number of nitrogens with zero attached hydrogens (tertiary/aromatic N) is 2. The van der Waals surface area contributed by atoms with Gasteiger partial charge in [-0.15, -0.1) is 0 Å². The van der Waals surface area contributed by atoms with Gasteiger partial charge < -0.3 is 24.6 Å². The summed E-state index contributed by atoms with van der Waals surface area (Å²) in [4.78, 5) is 16.5. The number of carboxylic acid groups (broad SMARTS) is 1. The van der Waals surface area contributed by atoms with E-state index in [0.29, 0.717) is 0 Å². The Morgan fingerprint density at radius 3 is 2.00 bits per heavy atom. The second-order valence-electron chi connectivity index (χ2n) is 10.00. The molecule has 202 valence electrons. The highest BCUT2D eigenvalue weighted by atomic mass is 16.5. The van der Waals surface area contributed by atoms with Crippen LogP contribution < -0.4 is 0 Å². The summed E-state index contributed by atoms with van der Waals surface area (Å²) in [5.41, 5.74) is 3.67. The van der Waals surface area contributed by atoms with Crippen LogP contribution in [0.5, 0.6) is 0 Å². The lowest BCUT2D eigenvalue weighted by Gasteiger charge is -2.27. The minimum absolute atomic E-state index is 0.129. The number of hydrogen-bond donors (Lipinski definition) is 3. The molecule has 0 saturated heterocycles. The normalized spacial score (nSPS) is 13.6. The van der Waals surface area contributed by atoms with Gasteiger partial charge in [0.15, 0.2) is 0 Å². The number of aliphatic carboxylic acids is 1. The zero-order valence-corrected chi connectivity index (χ0v) is 22.1. The van der Waals surface area contributed by atoms with E-state index in [0.717, 1.165) is 27.8 Å². The highest BCUT2D eigenvalue weighted by Crippen LogP contribution is 2.28. The van der Waals surface area contributed by atoms with Crippen LogP contribution in [-0.2, 0) is 16.1 Å². The standard InChI is InChI=1S/C32H34N2O5/c1-32(2,38)29(21-35)33-31(39-22-23-9-5-3-6-10-23)28(19-30(36)37)34-18-17-27(20-34)26-15-13-25(14-16-26)24-11-7-4-8-12-24/h3-18,20,28-29,35,38H,19,21-22H2,1-2H3,(H,36,37)/t28-,29+/m1/s1. The van der Waals surface area contributed by atoms with Gasteiger partial charge in [-0.2, -0.15) is 0 Å². The van der Waals surface area contributed by atoms with E-state index in [-0.39, 0.29) is 18.9 Å². The van der Waals surface area contributed by atoms with Crippen LogP contribution in [0, 0.1) is 0 Å². The number of aliphatic imine (C=N–C) groups is 1. The fourth-order valence-electron chi connectivity index (χ4n) is 4.28. The van der Waals surface area contributed by atoms with Crippen LogP contribution in [0.2, 0.25) is 0 Å². The molecule has 0 aliphatic heterocycles. The SMILES string of the molecule is CC(C)(O)[C@H](CO)N=C(OCc1ccccc1)[C@@H](CC(=O)O)n1ccc(-c2ccc(-c3ccccc3)cc2)c1. The Hall–Kier alpha value is -4.20. The van der Waals surface area contributed by atoms with Crippen LogP contribution in [0.1, 0.15) is 31.9 Å². The van der Waals surface area contributed by atoms with Gasteiger partial charge in [0.25, 0.3) is 0 Å². The van der Waals surface area contributed by atoms with Gasteiger partial charge >= 0.3 is 5.97 Å². The maximum absolute atomic E-state index is 11.9. The second-order valence-corrected chi connectivity index (χ2v) is 10.00. The Morgan fingerprint density at radius 2 is 1.44 bits per heavy atom. The minimum Gasteiger partial charge on any atom is -0.481 e. The molecule has 2 atom stereocenters. The summed E-state index contributed by atoms with van der Waals surface area (Å²) in [6.45, 7) is 2.83. The van der Waals surface area contributed by atoms with Crippen molar-refractivity contribution in [1.82, 2.24) is 4.57 Å². The number of rotatable bonds is 11.